The number of rotatable bonds is 5. The molecule has 1 aliphatic rings. The SMILES string of the molecule is Cc1nn(-c2ccccc2)c(N(C)C(C)C2CC2)c1CBr. The third kappa shape index (κ3) is 2.73. The van der Waals surface area contributed by atoms with E-state index in [2.05, 4.69) is 70.7 Å². The van der Waals surface area contributed by atoms with Crippen molar-refractivity contribution in [3.05, 3.63) is 41.6 Å². The number of alkyl halides is 1. The van der Waals surface area contributed by atoms with Gasteiger partial charge in [0.2, 0.25) is 0 Å². The number of benzene rings is 1. The summed E-state index contributed by atoms with van der Waals surface area (Å²) in [7, 11) is 2.20. The highest BCUT2D eigenvalue weighted by Crippen LogP contribution is 2.38. The third-order valence-corrected chi connectivity index (χ3v) is 5.10. The molecule has 0 amide bonds. The van der Waals surface area contributed by atoms with Crippen LogP contribution in [0.15, 0.2) is 30.3 Å². The van der Waals surface area contributed by atoms with Crippen molar-refractivity contribution in [2.24, 2.45) is 5.92 Å². The molecule has 1 aromatic heterocycles. The van der Waals surface area contributed by atoms with Gasteiger partial charge < -0.3 is 4.90 Å². The molecular formula is C17H22BrN3. The Morgan fingerprint density at radius 2 is 2.00 bits per heavy atom. The van der Waals surface area contributed by atoms with Crippen LogP contribution in [0.1, 0.15) is 31.0 Å². The van der Waals surface area contributed by atoms with Crippen molar-refractivity contribution in [2.45, 2.75) is 38.1 Å². The van der Waals surface area contributed by atoms with Crippen molar-refractivity contribution in [3.8, 4) is 5.69 Å². The lowest BCUT2D eigenvalue weighted by atomic mass is 10.1. The summed E-state index contributed by atoms with van der Waals surface area (Å²) in [5.41, 5.74) is 3.51. The molecule has 0 bridgehead atoms. The second kappa shape index (κ2) is 5.84. The van der Waals surface area contributed by atoms with Crippen LogP contribution in [0.25, 0.3) is 5.69 Å². The van der Waals surface area contributed by atoms with E-state index < -0.39 is 0 Å². The Kier molecular flexibility index (Phi) is 4.07. The van der Waals surface area contributed by atoms with Crippen LogP contribution in [0.3, 0.4) is 0 Å². The number of hydrogen-bond acceptors (Lipinski definition) is 2. The van der Waals surface area contributed by atoms with Gasteiger partial charge in [-0.2, -0.15) is 5.10 Å². The van der Waals surface area contributed by atoms with E-state index in [0.717, 1.165) is 22.6 Å². The Labute approximate surface area is 135 Å². The largest absolute Gasteiger partial charge is 0.356 e. The molecule has 1 atom stereocenters. The van der Waals surface area contributed by atoms with Crippen molar-refractivity contribution in [3.63, 3.8) is 0 Å². The molecule has 3 nitrogen and oxygen atoms in total. The first kappa shape index (κ1) is 14.6. The second-order valence-corrected chi connectivity index (χ2v) is 6.52. The lowest BCUT2D eigenvalue weighted by Crippen LogP contribution is -2.33. The molecule has 4 heteroatoms. The van der Waals surface area contributed by atoms with E-state index in [-0.39, 0.29) is 0 Å². The average molecular weight is 348 g/mol. The summed E-state index contributed by atoms with van der Waals surface area (Å²) in [6, 6.07) is 11.0. The summed E-state index contributed by atoms with van der Waals surface area (Å²) in [4.78, 5) is 2.40. The molecular weight excluding hydrogens is 326 g/mol. The minimum absolute atomic E-state index is 0.557. The van der Waals surface area contributed by atoms with Gasteiger partial charge >= 0.3 is 0 Å². The Morgan fingerprint density at radius 1 is 1.33 bits per heavy atom. The van der Waals surface area contributed by atoms with Crippen LogP contribution in [-0.4, -0.2) is 22.9 Å². The Balaban J connectivity index is 2.08. The van der Waals surface area contributed by atoms with Gasteiger partial charge in [-0.05, 0) is 44.7 Å². The molecule has 0 aliphatic heterocycles. The van der Waals surface area contributed by atoms with Gasteiger partial charge in [0.1, 0.15) is 5.82 Å². The number of nitrogens with zero attached hydrogens (tertiary/aromatic N) is 3. The van der Waals surface area contributed by atoms with Crippen LogP contribution in [0, 0.1) is 12.8 Å². The average Bonchev–Trinajstić information content (AvgIpc) is 3.30. The van der Waals surface area contributed by atoms with Crippen molar-refractivity contribution >= 4 is 21.7 Å². The van der Waals surface area contributed by atoms with Crippen LogP contribution in [0.2, 0.25) is 0 Å². The number of para-hydroxylation sites is 1. The smallest absolute Gasteiger partial charge is 0.136 e. The first-order chi connectivity index (χ1) is 10.1. The predicted octanol–water partition coefficient (Wildman–Crippen LogP) is 4.31. The number of aromatic nitrogens is 2. The van der Waals surface area contributed by atoms with Gasteiger partial charge in [-0.1, -0.05) is 34.1 Å². The van der Waals surface area contributed by atoms with Crippen LogP contribution >= 0.6 is 15.9 Å². The maximum Gasteiger partial charge on any atom is 0.136 e. The van der Waals surface area contributed by atoms with E-state index in [1.165, 1.54) is 24.2 Å². The summed E-state index contributed by atoms with van der Waals surface area (Å²) < 4.78 is 2.09. The number of halogens is 1. The lowest BCUT2D eigenvalue weighted by molar-refractivity contribution is 0.595. The summed E-state index contributed by atoms with van der Waals surface area (Å²) in [6.07, 6.45) is 2.71. The van der Waals surface area contributed by atoms with E-state index in [4.69, 9.17) is 5.10 Å². The first-order valence-corrected chi connectivity index (χ1v) is 8.68. The van der Waals surface area contributed by atoms with Gasteiger partial charge in [0.25, 0.3) is 0 Å². The van der Waals surface area contributed by atoms with E-state index in [0.29, 0.717) is 6.04 Å². The molecule has 1 heterocycles. The zero-order chi connectivity index (χ0) is 15.0. The molecule has 0 N–H and O–H groups in total. The second-order valence-electron chi connectivity index (χ2n) is 5.96. The zero-order valence-electron chi connectivity index (χ0n) is 12.9. The molecule has 2 aromatic rings. The zero-order valence-corrected chi connectivity index (χ0v) is 14.5. The van der Waals surface area contributed by atoms with Gasteiger partial charge in [-0.3, -0.25) is 0 Å². The van der Waals surface area contributed by atoms with E-state index in [9.17, 15) is 0 Å². The predicted molar refractivity (Wildman–Crippen MR) is 91.5 cm³/mol. The molecule has 1 aliphatic carbocycles. The summed E-state index contributed by atoms with van der Waals surface area (Å²) in [6.45, 7) is 4.42. The highest BCUT2D eigenvalue weighted by Gasteiger charge is 2.33. The molecule has 1 unspecified atom stereocenters. The topological polar surface area (TPSA) is 21.1 Å². The van der Waals surface area contributed by atoms with Crippen molar-refractivity contribution in [2.75, 3.05) is 11.9 Å². The normalized spacial score (nSPS) is 16.0. The molecule has 112 valence electrons. The van der Waals surface area contributed by atoms with Crippen molar-refractivity contribution in [1.29, 1.82) is 0 Å². The molecule has 0 saturated heterocycles. The Hall–Kier alpha value is -1.29. The number of hydrogen-bond donors (Lipinski definition) is 0. The molecule has 21 heavy (non-hydrogen) atoms. The quantitative estimate of drug-likeness (QED) is 0.751. The van der Waals surface area contributed by atoms with Crippen LogP contribution in [-0.2, 0) is 5.33 Å². The molecule has 1 fully saturated rings. The van der Waals surface area contributed by atoms with Crippen LogP contribution in [0.5, 0.6) is 0 Å². The molecule has 1 saturated carbocycles. The summed E-state index contributed by atoms with van der Waals surface area (Å²) >= 11 is 3.64. The third-order valence-electron chi connectivity index (χ3n) is 4.54. The Morgan fingerprint density at radius 3 is 2.57 bits per heavy atom. The Bertz CT molecular complexity index is 616. The van der Waals surface area contributed by atoms with E-state index >= 15 is 0 Å². The maximum absolute atomic E-state index is 4.78. The fourth-order valence-electron chi connectivity index (χ4n) is 2.90. The van der Waals surface area contributed by atoms with E-state index in [1.54, 1.807) is 0 Å². The first-order valence-electron chi connectivity index (χ1n) is 7.56. The fourth-order valence-corrected chi connectivity index (χ4v) is 3.56. The monoisotopic (exact) mass is 347 g/mol. The standard InChI is InChI=1S/C17H22BrN3/c1-12-16(11-18)17(20(3)13(2)14-9-10-14)21(19-12)15-7-5-4-6-8-15/h4-8,13-14H,9-11H2,1-3H3. The van der Waals surface area contributed by atoms with Gasteiger partial charge in [-0.25, -0.2) is 4.68 Å². The minimum atomic E-state index is 0.557. The maximum atomic E-state index is 4.78. The highest BCUT2D eigenvalue weighted by molar-refractivity contribution is 9.08. The molecule has 0 spiro atoms. The number of anilines is 1. The molecule has 0 radical (unpaired) electrons. The van der Waals surface area contributed by atoms with Crippen LogP contribution < -0.4 is 4.90 Å². The summed E-state index contributed by atoms with van der Waals surface area (Å²) in [5, 5.41) is 5.62. The van der Waals surface area contributed by atoms with Crippen LogP contribution in [0.4, 0.5) is 5.82 Å². The minimum Gasteiger partial charge on any atom is -0.356 e. The van der Waals surface area contributed by atoms with Gasteiger partial charge in [-0.15, -0.1) is 0 Å². The van der Waals surface area contributed by atoms with Crippen molar-refractivity contribution < 1.29 is 0 Å². The molecule has 3 rings (SSSR count). The molecule has 1 aromatic carbocycles. The van der Waals surface area contributed by atoms with Gasteiger partial charge in [0, 0.05) is 24.0 Å². The lowest BCUT2D eigenvalue weighted by Gasteiger charge is -2.28. The van der Waals surface area contributed by atoms with Crippen molar-refractivity contribution in [1.82, 2.24) is 9.78 Å². The fraction of sp³-hybridized carbons (Fsp3) is 0.471. The summed E-state index contributed by atoms with van der Waals surface area (Å²) in [5.74, 6) is 2.05. The van der Waals surface area contributed by atoms with Gasteiger partial charge in [0.15, 0.2) is 0 Å². The van der Waals surface area contributed by atoms with E-state index in [1.807, 2.05) is 6.07 Å². The number of aryl methyl sites for hydroxylation is 1. The highest BCUT2D eigenvalue weighted by atomic mass is 79.9. The van der Waals surface area contributed by atoms with Gasteiger partial charge in [0.05, 0.1) is 11.4 Å².